The normalized spacial score (nSPS) is 15.3. The van der Waals surface area contributed by atoms with Gasteiger partial charge in [0.25, 0.3) is 0 Å². The number of para-hydroxylation sites is 1. The largest absolute Gasteiger partial charge is 0.456 e. The van der Waals surface area contributed by atoms with Crippen LogP contribution in [0.15, 0.2) is 176 Å². The summed E-state index contributed by atoms with van der Waals surface area (Å²) in [6.45, 7) is 2.20. The number of ether oxygens (including phenoxy) is 1. The third kappa shape index (κ3) is 4.00. The molecule has 0 amide bonds. The predicted octanol–water partition coefficient (Wildman–Crippen LogP) is 12.6. The Morgan fingerprint density at radius 1 is 0.408 bits per heavy atom. The highest BCUT2D eigenvalue weighted by molar-refractivity contribution is 6.14. The minimum absolute atomic E-state index is 0.476. The topological polar surface area (TPSA) is 9.23 Å². The second-order valence-corrected chi connectivity index (χ2v) is 13.3. The van der Waals surface area contributed by atoms with Crippen molar-refractivity contribution < 1.29 is 4.74 Å². The maximum Gasteiger partial charge on any atom is 0.136 e. The zero-order chi connectivity index (χ0) is 32.5. The first-order chi connectivity index (χ1) is 24.2. The van der Waals surface area contributed by atoms with Crippen LogP contribution in [-0.4, -0.2) is 0 Å². The minimum Gasteiger partial charge on any atom is -0.456 e. The molecule has 0 saturated heterocycles. The van der Waals surface area contributed by atoms with Crippen LogP contribution in [0.4, 0.5) is 0 Å². The van der Waals surface area contributed by atoms with Gasteiger partial charge in [0, 0.05) is 10.9 Å². The molecular formula is C48H32O. The molecule has 49 heavy (non-hydrogen) atoms. The molecule has 1 heterocycles. The number of aryl methyl sites for hydroxylation is 1. The van der Waals surface area contributed by atoms with E-state index in [0.29, 0.717) is 0 Å². The molecule has 10 rings (SSSR count). The Bertz CT molecular complexity index is 2580. The van der Waals surface area contributed by atoms with Crippen molar-refractivity contribution in [2.45, 2.75) is 12.3 Å². The standard InChI is InChI=1S/C48H32O/c1-31-14-12-19-35(28-31)48(34-17-6-3-7-18-34)42-24-10-8-20-36(42)37-27-26-33(29-43(37)48)46-40-23-13-22-39-38-21-9-11-25-44(38)49-45(47(39)40)30-41(46)32-15-4-2-5-16-32/h2-30H,1H3. The van der Waals surface area contributed by atoms with E-state index in [4.69, 9.17) is 4.74 Å². The molecular weight excluding hydrogens is 593 g/mol. The fraction of sp³-hybridized carbons (Fsp3) is 0.0417. The molecule has 8 aromatic carbocycles. The predicted molar refractivity (Wildman–Crippen MR) is 202 cm³/mol. The summed E-state index contributed by atoms with van der Waals surface area (Å²) in [5.74, 6) is 1.80. The molecule has 230 valence electrons. The lowest BCUT2D eigenvalue weighted by molar-refractivity contribution is 0.487. The Hall–Kier alpha value is -6.18. The summed E-state index contributed by atoms with van der Waals surface area (Å²) < 4.78 is 6.68. The van der Waals surface area contributed by atoms with Crippen LogP contribution in [0.2, 0.25) is 0 Å². The Morgan fingerprint density at radius 2 is 1.08 bits per heavy atom. The second-order valence-electron chi connectivity index (χ2n) is 13.3. The third-order valence-electron chi connectivity index (χ3n) is 10.6. The van der Waals surface area contributed by atoms with Crippen molar-refractivity contribution in [2.75, 3.05) is 0 Å². The van der Waals surface area contributed by atoms with Gasteiger partial charge in [-0.15, -0.1) is 0 Å². The molecule has 1 atom stereocenters. The molecule has 0 radical (unpaired) electrons. The van der Waals surface area contributed by atoms with Gasteiger partial charge in [-0.3, -0.25) is 0 Å². The van der Waals surface area contributed by atoms with Gasteiger partial charge in [-0.25, -0.2) is 0 Å². The van der Waals surface area contributed by atoms with E-state index in [1.165, 1.54) is 66.6 Å². The van der Waals surface area contributed by atoms with E-state index in [9.17, 15) is 0 Å². The van der Waals surface area contributed by atoms with Crippen molar-refractivity contribution >= 4 is 10.8 Å². The fourth-order valence-electron chi connectivity index (χ4n) is 8.59. The van der Waals surface area contributed by atoms with Crippen LogP contribution in [-0.2, 0) is 5.41 Å². The van der Waals surface area contributed by atoms with E-state index >= 15 is 0 Å². The van der Waals surface area contributed by atoms with Crippen LogP contribution in [0.5, 0.6) is 11.5 Å². The van der Waals surface area contributed by atoms with Gasteiger partial charge in [0.15, 0.2) is 0 Å². The van der Waals surface area contributed by atoms with E-state index in [-0.39, 0.29) is 0 Å². The van der Waals surface area contributed by atoms with Crippen LogP contribution in [0.3, 0.4) is 0 Å². The molecule has 2 aliphatic rings. The van der Waals surface area contributed by atoms with Crippen molar-refractivity contribution in [2.24, 2.45) is 0 Å². The first kappa shape index (κ1) is 27.9. The summed E-state index contributed by atoms with van der Waals surface area (Å²) in [5, 5.41) is 2.35. The average molecular weight is 625 g/mol. The summed E-state index contributed by atoms with van der Waals surface area (Å²) in [6, 6.07) is 64.4. The maximum atomic E-state index is 6.68. The number of benzene rings is 8. The molecule has 0 fully saturated rings. The van der Waals surface area contributed by atoms with Gasteiger partial charge < -0.3 is 4.74 Å². The molecule has 0 spiro atoms. The Morgan fingerprint density at radius 3 is 1.92 bits per heavy atom. The zero-order valence-corrected chi connectivity index (χ0v) is 27.2. The van der Waals surface area contributed by atoms with E-state index in [2.05, 4.69) is 177 Å². The highest BCUT2D eigenvalue weighted by atomic mass is 16.5. The van der Waals surface area contributed by atoms with Gasteiger partial charge in [0.05, 0.1) is 5.41 Å². The maximum absolute atomic E-state index is 6.68. The summed E-state index contributed by atoms with van der Waals surface area (Å²) >= 11 is 0. The minimum atomic E-state index is -0.476. The van der Waals surface area contributed by atoms with Crippen LogP contribution in [0.1, 0.15) is 27.8 Å². The SMILES string of the molecule is Cc1cccc(C2(c3ccccc3)c3ccccc3-c3ccc(-c4c(-c5ccccc5)cc5c6c(cccc46)-c4ccccc4O5)cc32)c1. The van der Waals surface area contributed by atoms with E-state index in [0.717, 1.165) is 28.0 Å². The van der Waals surface area contributed by atoms with Gasteiger partial charge in [-0.2, -0.15) is 0 Å². The quantitative estimate of drug-likeness (QED) is 0.189. The molecule has 1 nitrogen and oxygen atoms in total. The lowest BCUT2D eigenvalue weighted by Crippen LogP contribution is -2.28. The Labute approximate surface area is 286 Å². The van der Waals surface area contributed by atoms with Gasteiger partial charge in [-0.1, -0.05) is 163 Å². The van der Waals surface area contributed by atoms with Crippen LogP contribution < -0.4 is 4.74 Å². The first-order valence-electron chi connectivity index (χ1n) is 17.0. The van der Waals surface area contributed by atoms with Crippen molar-refractivity contribution in [3.8, 4) is 56.0 Å². The van der Waals surface area contributed by atoms with E-state index in [1.807, 2.05) is 6.07 Å². The average Bonchev–Trinajstić information content (AvgIpc) is 3.46. The number of hydrogen-bond acceptors (Lipinski definition) is 1. The van der Waals surface area contributed by atoms with Crippen molar-refractivity contribution in [1.82, 2.24) is 0 Å². The number of hydrogen-bond donors (Lipinski definition) is 0. The monoisotopic (exact) mass is 624 g/mol. The first-order valence-corrected chi connectivity index (χ1v) is 17.0. The van der Waals surface area contributed by atoms with Crippen molar-refractivity contribution in [3.05, 3.63) is 204 Å². The smallest absolute Gasteiger partial charge is 0.136 e. The van der Waals surface area contributed by atoms with E-state index < -0.39 is 5.41 Å². The molecule has 0 bridgehead atoms. The van der Waals surface area contributed by atoms with Crippen molar-refractivity contribution in [1.29, 1.82) is 0 Å². The van der Waals surface area contributed by atoms with Gasteiger partial charge in [0.2, 0.25) is 0 Å². The highest BCUT2D eigenvalue weighted by Crippen LogP contribution is 2.58. The second kappa shape index (κ2) is 10.7. The van der Waals surface area contributed by atoms with Gasteiger partial charge in [-0.05, 0) is 91.7 Å². The summed E-state index contributed by atoms with van der Waals surface area (Å²) in [4.78, 5) is 0. The van der Waals surface area contributed by atoms with Gasteiger partial charge >= 0.3 is 0 Å². The van der Waals surface area contributed by atoms with Crippen LogP contribution in [0, 0.1) is 6.92 Å². The number of fused-ring (bicyclic) bond motifs is 5. The fourth-order valence-corrected chi connectivity index (χ4v) is 8.59. The Balaban J connectivity index is 1.33. The van der Waals surface area contributed by atoms with Crippen LogP contribution in [0.25, 0.3) is 55.3 Å². The zero-order valence-electron chi connectivity index (χ0n) is 27.2. The molecule has 1 unspecified atom stereocenters. The molecule has 0 N–H and O–H groups in total. The van der Waals surface area contributed by atoms with Crippen molar-refractivity contribution in [3.63, 3.8) is 0 Å². The molecule has 0 aromatic heterocycles. The lowest BCUT2D eigenvalue weighted by Gasteiger charge is -2.34. The molecule has 0 saturated carbocycles. The molecule has 1 aliphatic carbocycles. The Kier molecular flexibility index (Phi) is 6.07. The summed E-state index contributed by atoms with van der Waals surface area (Å²) in [6.07, 6.45) is 0. The third-order valence-corrected chi connectivity index (χ3v) is 10.6. The van der Waals surface area contributed by atoms with Crippen LogP contribution >= 0.6 is 0 Å². The molecule has 1 heteroatoms. The molecule has 1 aliphatic heterocycles. The summed E-state index contributed by atoms with van der Waals surface area (Å²) in [7, 11) is 0. The highest BCUT2D eigenvalue weighted by Gasteiger charge is 2.46. The van der Waals surface area contributed by atoms with Gasteiger partial charge in [0.1, 0.15) is 11.5 Å². The number of rotatable bonds is 4. The van der Waals surface area contributed by atoms with E-state index in [1.54, 1.807) is 0 Å². The lowest BCUT2D eigenvalue weighted by atomic mass is 9.67. The molecule has 8 aromatic rings. The summed E-state index contributed by atoms with van der Waals surface area (Å²) in [5.41, 5.74) is 15.6.